The van der Waals surface area contributed by atoms with E-state index >= 15 is 0 Å². The maximum Gasteiger partial charge on any atom is 0.303 e. The van der Waals surface area contributed by atoms with Gasteiger partial charge in [0.2, 0.25) is 0 Å². The second kappa shape index (κ2) is 18.7. The molecule has 0 saturated heterocycles. The van der Waals surface area contributed by atoms with Crippen molar-refractivity contribution in [1.82, 2.24) is 0 Å². The van der Waals surface area contributed by atoms with E-state index in [0.717, 1.165) is 37.7 Å². The van der Waals surface area contributed by atoms with Crippen molar-refractivity contribution in [3.63, 3.8) is 0 Å². The zero-order chi connectivity index (χ0) is 23.4. The fourth-order valence-corrected chi connectivity index (χ4v) is 3.96. The van der Waals surface area contributed by atoms with Crippen molar-refractivity contribution in [2.45, 2.75) is 123 Å². The molecular formula is C27H44O5. The van der Waals surface area contributed by atoms with Crippen LogP contribution in [0.1, 0.15) is 109 Å². The first kappa shape index (κ1) is 28.2. The van der Waals surface area contributed by atoms with E-state index in [1.165, 1.54) is 51.9 Å². The number of unbranched alkanes of at least 4 members (excludes halogenated alkanes) is 7. The molecule has 0 saturated carbocycles. The van der Waals surface area contributed by atoms with Crippen LogP contribution in [0.15, 0.2) is 30.3 Å². The molecule has 2 atom stereocenters. The Bertz CT molecular complexity index is 601. The second-order valence-corrected chi connectivity index (χ2v) is 8.78. The molecule has 0 amide bonds. The van der Waals surface area contributed by atoms with Crippen LogP contribution in [0.4, 0.5) is 0 Å². The minimum atomic E-state index is -0.800. The largest absolute Gasteiger partial charge is 0.481 e. The minimum absolute atomic E-state index is 0.0539. The third-order valence-corrected chi connectivity index (χ3v) is 5.77. The zero-order valence-corrected chi connectivity index (χ0v) is 20.2. The number of carbonyl (C=O) groups is 2. The third-order valence-electron chi connectivity index (χ3n) is 5.77. The summed E-state index contributed by atoms with van der Waals surface area (Å²) in [7, 11) is 0. The number of hydrogen-bond acceptors (Lipinski definition) is 4. The van der Waals surface area contributed by atoms with Crippen molar-refractivity contribution in [2.75, 3.05) is 0 Å². The number of carbonyl (C=O) groups excluding carboxylic acids is 1. The van der Waals surface area contributed by atoms with E-state index in [1.54, 1.807) is 0 Å². The van der Waals surface area contributed by atoms with E-state index in [0.29, 0.717) is 13.0 Å². The monoisotopic (exact) mass is 448 g/mol. The molecular weight excluding hydrogens is 404 g/mol. The van der Waals surface area contributed by atoms with Gasteiger partial charge in [-0.05, 0) is 44.1 Å². The maximum atomic E-state index is 11.5. The highest BCUT2D eigenvalue weighted by Gasteiger charge is 2.16. The van der Waals surface area contributed by atoms with Crippen molar-refractivity contribution < 1.29 is 24.2 Å². The SMILES string of the molecule is CCCCCCCCCCC(CCCC(CCC(=O)O)OCc1ccccc1)OC(C)=O. The molecule has 0 heterocycles. The fraction of sp³-hybridized carbons (Fsp3) is 0.704. The summed E-state index contributed by atoms with van der Waals surface area (Å²) in [4.78, 5) is 22.5. The van der Waals surface area contributed by atoms with Gasteiger partial charge in [0.05, 0.1) is 12.7 Å². The van der Waals surface area contributed by atoms with E-state index in [1.807, 2.05) is 30.3 Å². The van der Waals surface area contributed by atoms with Crippen LogP contribution in [0.2, 0.25) is 0 Å². The van der Waals surface area contributed by atoms with Gasteiger partial charge in [0, 0.05) is 13.3 Å². The summed E-state index contributed by atoms with van der Waals surface area (Å²) in [6.45, 7) is 4.19. The summed E-state index contributed by atoms with van der Waals surface area (Å²) in [6, 6.07) is 9.93. The van der Waals surface area contributed by atoms with Crippen LogP contribution in [0.5, 0.6) is 0 Å². The van der Waals surface area contributed by atoms with Gasteiger partial charge in [-0.25, -0.2) is 0 Å². The predicted octanol–water partition coefficient (Wildman–Crippen LogP) is 7.07. The molecule has 0 fully saturated rings. The lowest BCUT2D eigenvalue weighted by Gasteiger charge is -2.20. The summed E-state index contributed by atoms with van der Waals surface area (Å²) in [5.41, 5.74) is 1.08. The van der Waals surface area contributed by atoms with Crippen molar-refractivity contribution in [2.24, 2.45) is 0 Å². The van der Waals surface area contributed by atoms with Crippen LogP contribution >= 0.6 is 0 Å². The van der Waals surface area contributed by atoms with Gasteiger partial charge in [-0.3, -0.25) is 9.59 Å². The van der Waals surface area contributed by atoms with Crippen LogP contribution in [-0.4, -0.2) is 29.3 Å². The quantitative estimate of drug-likeness (QED) is 0.171. The molecule has 182 valence electrons. The summed E-state index contributed by atoms with van der Waals surface area (Å²) in [5.74, 6) is -1.02. The van der Waals surface area contributed by atoms with Crippen molar-refractivity contribution in [3.05, 3.63) is 35.9 Å². The van der Waals surface area contributed by atoms with Crippen molar-refractivity contribution in [1.29, 1.82) is 0 Å². The normalized spacial score (nSPS) is 12.9. The summed E-state index contributed by atoms with van der Waals surface area (Å²) in [6.07, 6.45) is 13.8. The first-order valence-corrected chi connectivity index (χ1v) is 12.6. The van der Waals surface area contributed by atoms with Crippen LogP contribution in [0, 0.1) is 0 Å². The molecule has 0 aliphatic carbocycles. The predicted molar refractivity (Wildman–Crippen MR) is 129 cm³/mol. The molecule has 1 N–H and O–H groups in total. The average Bonchev–Trinajstić information content (AvgIpc) is 2.77. The van der Waals surface area contributed by atoms with Crippen LogP contribution in [0.3, 0.4) is 0 Å². The molecule has 0 aromatic heterocycles. The molecule has 5 heteroatoms. The number of benzene rings is 1. The Morgan fingerprint density at radius 3 is 2.03 bits per heavy atom. The summed E-state index contributed by atoms with van der Waals surface area (Å²) >= 11 is 0. The van der Waals surface area contributed by atoms with Gasteiger partial charge >= 0.3 is 11.9 Å². The molecule has 0 aliphatic heterocycles. The Morgan fingerprint density at radius 2 is 1.41 bits per heavy atom. The number of rotatable bonds is 20. The average molecular weight is 449 g/mol. The number of esters is 1. The number of hydrogen-bond donors (Lipinski definition) is 1. The van der Waals surface area contributed by atoms with Gasteiger partial charge in [-0.15, -0.1) is 0 Å². The summed E-state index contributed by atoms with van der Waals surface area (Å²) < 4.78 is 11.6. The minimum Gasteiger partial charge on any atom is -0.481 e. The maximum absolute atomic E-state index is 11.5. The van der Waals surface area contributed by atoms with Crippen LogP contribution in [-0.2, 0) is 25.7 Å². The number of ether oxygens (including phenoxy) is 2. The standard InChI is InChI=1S/C27H44O5/c1-3-4-5-6-7-8-9-13-17-26(32-23(2)28)19-14-18-25(20-21-27(29)30)31-22-24-15-11-10-12-16-24/h10-12,15-16,25-26H,3-9,13-14,17-22H2,1-2H3,(H,29,30). The Balaban J connectivity index is 2.36. The molecule has 0 radical (unpaired) electrons. The van der Waals surface area contributed by atoms with E-state index in [4.69, 9.17) is 14.6 Å². The number of carboxylic acid groups (broad SMARTS) is 1. The Morgan fingerprint density at radius 1 is 0.812 bits per heavy atom. The smallest absolute Gasteiger partial charge is 0.303 e. The fourth-order valence-electron chi connectivity index (χ4n) is 3.96. The molecule has 1 aromatic carbocycles. The highest BCUT2D eigenvalue weighted by Crippen LogP contribution is 2.19. The molecule has 5 nitrogen and oxygen atoms in total. The lowest BCUT2D eigenvalue weighted by molar-refractivity contribution is -0.147. The van der Waals surface area contributed by atoms with E-state index in [2.05, 4.69) is 6.92 Å². The van der Waals surface area contributed by atoms with Crippen LogP contribution in [0.25, 0.3) is 0 Å². The van der Waals surface area contributed by atoms with Gasteiger partial charge in [-0.1, -0.05) is 82.2 Å². The molecule has 2 unspecified atom stereocenters. The Labute approximate surface area is 194 Å². The molecule has 1 rings (SSSR count). The zero-order valence-electron chi connectivity index (χ0n) is 20.2. The van der Waals surface area contributed by atoms with Gasteiger partial charge in [-0.2, -0.15) is 0 Å². The first-order chi connectivity index (χ1) is 15.5. The lowest BCUT2D eigenvalue weighted by atomic mass is 10.0. The topological polar surface area (TPSA) is 72.8 Å². The third kappa shape index (κ3) is 15.9. The molecule has 0 bridgehead atoms. The van der Waals surface area contributed by atoms with Crippen molar-refractivity contribution >= 4 is 11.9 Å². The molecule has 0 spiro atoms. The Hall–Kier alpha value is -1.88. The second-order valence-electron chi connectivity index (χ2n) is 8.78. The molecule has 1 aromatic rings. The summed E-state index contributed by atoms with van der Waals surface area (Å²) in [5, 5.41) is 9.05. The van der Waals surface area contributed by atoms with E-state index < -0.39 is 5.97 Å². The lowest BCUT2D eigenvalue weighted by Crippen LogP contribution is -2.19. The molecule has 0 aliphatic rings. The van der Waals surface area contributed by atoms with Crippen molar-refractivity contribution in [3.8, 4) is 0 Å². The van der Waals surface area contributed by atoms with Gasteiger partial charge in [0.1, 0.15) is 6.10 Å². The van der Waals surface area contributed by atoms with Gasteiger partial charge in [0.25, 0.3) is 0 Å². The number of aliphatic carboxylic acids is 1. The van der Waals surface area contributed by atoms with E-state index in [9.17, 15) is 9.59 Å². The van der Waals surface area contributed by atoms with Gasteiger partial charge in [0.15, 0.2) is 0 Å². The number of carboxylic acids is 1. The van der Waals surface area contributed by atoms with Gasteiger partial charge < -0.3 is 14.6 Å². The van der Waals surface area contributed by atoms with E-state index in [-0.39, 0.29) is 24.6 Å². The Kier molecular flexibility index (Phi) is 16.4. The highest BCUT2D eigenvalue weighted by molar-refractivity contribution is 5.66. The molecule has 32 heavy (non-hydrogen) atoms. The highest BCUT2D eigenvalue weighted by atomic mass is 16.5. The first-order valence-electron chi connectivity index (χ1n) is 12.6. The van der Waals surface area contributed by atoms with Crippen LogP contribution < -0.4 is 0 Å².